The second-order valence-corrected chi connectivity index (χ2v) is 7.62. The number of likely N-dealkylation sites (tertiary alicyclic amines) is 1. The van der Waals surface area contributed by atoms with Crippen molar-refractivity contribution >= 4 is 27.3 Å². The number of carbonyl (C=O) groups is 1. The van der Waals surface area contributed by atoms with Gasteiger partial charge in [-0.15, -0.1) is 11.3 Å². The Labute approximate surface area is 110 Å². The van der Waals surface area contributed by atoms with Gasteiger partial charge in [-0.25, -0.2) is 13.1 Å². The van der Waals surface area contributed by atoms with E-state index >= 15 is 0 Å². The quantitative estimate of drug-likeness (QED) is 0.890. The molecule has 3 rings (SSSR count). The van der Waals surface area contributed by atoms with Crippen LogP contribution in [0.1, 0.15) is 19.3 Å². The average molecular weight is 286 g/mol. The highest BCUT2D eigenvalue weighted by Crippen LogP contribution is 2.31. The lowest BCUT2D eigenvalue weighted by atomic mass is 10.3. The molecule has 2 aliphatic rings. The number of sulfonamides is 1. The molecule has 7 heteroatoms. The van der Waals surface area contributed by atoms with Gasteiger partial charge in [-0.2, -0.15) is 0 Å². The molecule has 2 fully saturated rings. The van der Waals surface area contributed by atoms with E-state index in [0.717, 1.165) is 12.8 Å². The minimum atomic E-state index is -3.46. The van der Waals surface area contributed by atoms with E-state index in [1.54, 1.807) is 17.5 Å². The van der Waals surface area contributed by atoms with Crippen LogP contribution in [-0.2, 0) is 14.8 Å². The smallest absolute Gasteiger partial charge is 0.250 e. The molecule has 1 aliphatic heterocycles. The number of amides is 1. The molecule has 1 aromatic rings. The number of rotatable bonds is 4. The third-order valence-corrected chi connectivity index (χ3v) is 6.15. The Balaban J connectivity index is 1.69. The van der Waals surface area contributed by atoms with Crippen molar-refractivity contribution in [2.45, 2.75) is 35.6 Å². The third kappa shape index (κ3) is 2.30. The van der Waals surface area contributed by atoms with Crippen molar-refractivity contribution in [3.05, 3.63) is 17.5 Å². The average Bonchev–Trinajstić information content (AvgIpc) is 2.85. The zero-order valence-electron chi connectivity index (χ0n) is 9.70. The minimum absolute atomic E-state index is 0.0661. The maximum Gasteiger partial charge on any atom is 0.250 e. The van der Waals surface area contributed by atoms with E-state index in [4.69, 9.17) is 0 Å². The lowest BCUT2D eigenvalue weighted by Gasteiger charge is -2.15. The monoisotopic (exact) mass is 286 g/mol. The molecule has 1 saturated heterocycles. The van der Waals surface area contributed by atoms with E-state index in [0.29, 0.717) is 16.8 Å². The molecule has 2 heterocycles. The van der Waals surface area contributed by atoms with Crippen molar-refractivity contribution in [1.82, 2.24) is 9.62 Å². The van der Waals surface area contributed by atoms with Crippen LogP contribution >= 0.6 is 11.3 Å². The Kier molecular flexibility index (Phi) is 2.91. The largest absolute Gasteiger partial charge is 0.338 e. The molecule has 98 valence electrons. The fourth-order valence-corrected chi connectivity index (χ4v) is 4.48. The first-order valence-corrected chi connectivity index (χ1v) is 8.28. The summed E-state index contributed by atoms with van der Waals surface area (Å²) in [5.41, 5.74) is 0. The van der Waals surface area contributed by atoms with E-state index in [-0.39, 0.29) is 18.4 Å². The summed E-state index contributed by atoms with van der Waals surface area (Å²) >= 11 is 1.18. The predicted molar refractivity (Wildman–Crippen MR) is 67.8 cm³/mol. The summed E-state index contributed by atoms with van der Waals surface area (Å²) in [7, 11) is -3.46. The van der Waals surface area contributed by atoms with E-state index in [9.17, 15) is 13.2 Å². The Bertz CT molecular complexity index is 549. The SMILES string of the molecule is O=C1C[C@@H](NS(=O)(=O)c2cccs2)CN1C1CC1. The fourth-order valence-electron chi connectivity index (χ4n) is 2.24. The molecule has 5 nitrogen and oxygen atoms in total. The van der Waals surface area contributed by atoms with Crippen LogP contribution < -0.4 is 4.72 Å². The van der Waals surface area contributed by atoms with Crippen molar-refractivity contribution in [1.29, 1.82) is 0 Å². The number of hydrogen-bond donors (Lipinski definition) is 1. The summed E-state index contributed by atoms with van der Waals surface area (Å²) in [6, 6.07) is 3.34. The summed E-state index contributed by atoms with van der Waals surface area (Å²) in [6.45, 7) is 0.508. The van der Waals surface area contributed by atoms with Gasteiger partial charge in [0.25, 0.3) is 0 Å². The second-order valence-electron chi connectivity index (χ2n) is 4.73. The molecule has 1 atom stereocenters. The van der Waals surface area contributed by atoms with E-state index in [2.05, 4.69) is 4.72 Å². The molecule has 1 aliphatic carbocycles. The van der Waals surface area contributed by atoms with Crippen molar-refractivity contribution in [3.8, 4) is 0 Å². The fraction of sp³-hybridized carbons (Fsp3) is 0.545. The molecule has 0 radical (unpaired) electrons. The van der Waals surface area contributed by atoms with Gasteiger partial charge in [0.15, 0.2) is 0 Å². The van der Waals surface area contributed by atoms with Crippen LogP contribution in [0.5, 0.6) is 0 Å². The van der Waals surface area contributed by atoms with Crippen LogP contribution in [-0.4, -0.2) is 37.9 Å². The highest BCUT2D eigenvalue weighted by atomic mass is 32.2. The molecule has 18 heavy (non-hydrogen) atoms. The van der Waals surface area contributed by atoms with Gasteiger partial charge in [0.2, 0.25) is 15.9 Å². The Morgan fingerprint density at radius 2 is 2.17 bits per heavy atom. The van der Waals surface area contributed by atoms with Crippen LogP contribution in [0.3, 0.4) is 0 Å². The van der Waals surface area contributed by atoms with Gasteiger partial charge in [0.1, 0.15) is 4.21 Å². The number of nitrogens with zero attached hydrogens (tertiary/aromatic N) is 1. The molecule has 0 spiro atoms. The molecule has 0 unspecified atom stereocenters. The van der Waals surface area contributed by atoms with Gasteiger partial charge in [0.05, 0.1) is 0 Å². The van der Waals surface area contributed by atoms with Gasteiger partial charge >= 0.3 is 0 Å². The van der Waals surface area contributed by atoms with Crippen LogP contribution in [0.2, 0.25) is 0 Å². The standard InChI is InChI=1S/C11H14N2O3S2/c14-10-6-8(7-13(10)9-3-4-9)12-18(15,16)11-2-1-5-17-11/h1-2,5,8-9,12H,3-4,6-7H2/t8-/m1/s1. The topological polar surface area (TPSA) is 66.5 Å². The highest BCUT2D eigenvalue weighted by Gasteiger charge is 2.40. The Morgan fingerprint density at radius 1 is 1.39 bits per heavy atom. The lowest BCUT2D eigenvalue weighted by Crippen LogP contribution is -2.37. The number of thiophene rings is 1. The van der Waals surface area contributed by atoms with Gasteiger partial charge in [-0.3, -0.25) is 4.79 Å². The van der Waals surface area contributed by atoms with Crippen LogP contribution in [0.15, 0.2) is 21.7 Å². The highest BCUT2D eigenvalue weighted by molar-refractivity contribution is 7.91. The maximum absolute atomic E-state index is 12.0. The normalized spacial score (nSPS) is 24.8. The molecular weight excluding hydrogens is 272 g/mol. The van der Waals surface area contributed by atoms with Gasteiger partial charge in [-0.1, -0.05) is 6.07 Å². The third-order valence-electron chi connectivity index (χ3n) is 3.23. The molecule has 1 saturated carbocycles. The first kappa shape index (κ1) is 12.1. The molecule has 1 N–H and O–H groups in total. The van der Waals surface area contributed by atoms with Crippen molar-refractivity contribution in [2.24, 2.45) is 0 Å². The summed E-state index contributed by atoms with van der Waals surface area (Å²) in [4.78, 5) is 13.5. The predicted octanol–water partition coefficient (Wildman–Crippen LogP) is 0.790. The van der Waals surface area contributed by atoms with Crippen LogP contribution in [0, 0.1) is 0 Å². The Hall–Kier alpha value is -0.920. The molecule has 1 amide bonds. The minimum Gasteiger partial charge on any atom is -0.338 e. The molecule has 0 bridgehead atoms. The van der Waals surface area contributed by atoms with E-state index < -0.39 is 10.0 Å². The number of carbonyl (C=O) groups excluding carboxylic acids is 1. The number of hydrogen-bond acceptors (Lipinski definition) is 4. The van der Waals surface area contributed by atoms with Gasteiger partial charge in [0, 0.05) is 25.0 Å². The second kappa shape index (κ2) is 4.32. The zero-order valence-corrected chi connectivity index (χ0v) is 11.3. The molecular formula is C11H14N2O3S2. The van der Waals surface area contributed by atoms with Gasteiger partial charge < -0.3 is 4.90 Å². The molecule has 1 aromatic heterocycles. The first-order valence-electron chi connectivity index (χ1n) is 5.91. The van der Waals surface area contributed by atoms with Crippen LogP contribution in [0.4, 0.5) is 0 Å². The first-order chi connectivity index (χ1) is 8.56. The summed E-state index contributed by atoms with van der Waals surface area (Å²) in [5.74, 6) is 0.0661. The Morgan fingerprint density at radius 3 is 2.78 bits per heavy atom. The number of nitrogens with one attached hydrogen (secondary N) is 1. The molecule has 0 aromatic carbocycles. The van der Waals surface area contributed by atoms with Crippen molar-refractivity contribution < 1.29 is 13.2 Å². The lowest BCUT2D eigenvalue weighted by molar-refractivity contribution is -0.128. The zero-order chi connectivity index (χ0) is 12.8. The van der Waals surface area contributed by atoms with Crippen LogP contribution in [0.25, 0.3) is 0 Å². The maximum atomic E-state index is 12.0. The van der Waals surface area contributed by atoms with E-state index in [1.165, 1.54) is 11.3 Å². The summed E-state index contributed by atoms with van der Waals surface area (Å²) in [6.07, 6.45) is 2.38. The van der Waals surface area contributed by atoms with E-state index in [1.807, 2.05) is 4.90 Å². The summed E-state index contributed by atoms with van der Waals surface area (Å²) in [5, 5.41) is 1.73. The van der Waals surface area contributed by atoms with Crippen molar-refractivity contribution in [3.63, 3.8) is 0 Å². The van der Waals surface area contributed by atoms with Gasteiger partial charge in [-0.05, 0) is 24.3 Å². The van der Waals surface area contributed by atoms with Crippen molar-refractivity contribution in [2.75, 3.05) is 6.54 Å². The summed E-state index contributed by atoms with van der Waals surface area (Å²) < 4.78 is 27.0.